The maximum absolute atomic E-state index is 3.16. The summed E-state index contributed by atoms with van der Waals surface area (Å²) < 4.78 is 4.53. The third-order valence-corrected chi connectivity index (χ3v) is 4.20. The summed E-state index contributed by atoms with van der Waals surface area (Å²) in [5, 5.41) is 1.37. The van der Waals surface area contributed by atoms with E-state index >= 15 is 0 Å². The second-order valence-corrected chi connectivity index (χ2v) is 4.78. The topological polar surface area (TPSA) is 12.0 Å². The van der Waals surface area contributed by atoms with Crippen LogP contribution in [0.1, 0.15) is 4.88 Å². The van der Waals surface area contributed by atoms with Gasteiger partial charge in [0, 0.05) is 21.2 Å². The molecule has 3 rings (SSSR count). The number of nitrogens with one attached hydrogen (secondary N) is 1. The first-order valence-corrected chi connectivity index (χ1v) is 5.69. The molecule has 0 radical (unpaired) electrons. The van der Waals surface area contributed by atoms with Gasteiger partial charge in [-0.15, -0.1) is 11.3 Å². The van der Waals surface area contributed by atoms with Crippen molar-refractivity contribution in [2.24, 2.45) is 0 Å². The molecule has 1 nitrogen and oxygen atoms in total. The van der Waals surface area contributed by atoms with E-state index in [0.29, 0.717) is 0 Å². The third kappa shape index (κ3) is 1.08. The van der Waals surface area contributed by atoms with E-state index in [0.717, 1.165) is 0 Å². The van der Waals surface area contributed by atoms with Crippen LogP contribution in [0.15, 0.2) is 35.4 Å². The molecule has 1 aliphatic heterocycles. The molecule has 0 fully saturated rings. The maximum Gasteiger partial charge on any atom is 0.0544 e. The summed E-state index contributed by atoms with van der Waals surface area (Å²) in [7, 11) is 0. The molecular formula is C10H7NS2. The fraction of sp³-hybridized carbons (Fsp3) is 0. The smallest absolute Gasteiger partial charge is 0.0544 e. The standard InChI is InChI=1S/C10H7NS2/c1-2-4-8-7(3-1)10-9(12-8)5-6-11-13-10/h1-6,11H. The highest BCUT2D eigenvalue weighted by molar-refractivity contribution is 7.98. The van der Waals surface area contributed by atoms with Crippen LogP contribution >= 0.6 is 23.3 Å². The lowest BCUT2D eigenvalue weighted by Crippen LogP contribution is -1.94. The lowest BCUT2D eigenvalue weighted by molar-refractivity contribution is 1.38. The van der Waals surface area contributed by atoms with Gasteiger partial charge in [0.2, 0.25) is 0 Å². The minimum atomic E-state index is 1.36. The number of fused-ring (bicyclic) bond motifs is 3. The van der Waals surface area contributed by atoms with Crippen LogP contribution in [0.3, 0.4) is 0 Å². The Bertz CT molecular complexity index is 485. The van der Waals surface area contributed by atoms with E-state index in [2.05, 4.69) is 35.1 Å². The molecule has 0 unspecified atom stereocenters. The van der Waals surface area contributed by atoms with Crippen LogP contribution in [-0.4, -0.2) is 0 Å². The molecule has 1 aromatic carbocycles. The van der Waals surface area contributed by atoms with Crippen molar-refractivity contribution in [3.63, 3.8) is 0 Å². The average Bonchev–Trinajstić information content (AvgIpc) is 2.56. The molecule has 0 bridgehead atoms. The van der Waals surface area contributed by atoms with Crippen LogP contribution in [0, 0.1) is 0 Å². The quantitative estimate of drug-likeness (QED) is 0.661. The van der Waals surface area contributed by atoms with Crippen LogP contribution in [0.5, 0.6) is 0 Å². The molecule has 0 atom stereocenters. The molecule has 1 aromatic heterocycles. The lowest BCUT2D eigenvalue weighted by atomic mass is 10.2. The predicted molar refractivity (Wildman–Crippen MR) is 59.9 cm³/mol. The Labute approximate surface area is 84.6 Å². The lowest BCUT2D eigenvalue weighted by Gasteiger charge is -2.05. The first-order valence-electron chi connectivity index (χ1n) is 4.05. The van der Waals surface area contributed by atoms with Crippen LogP contribution in [-0.2, 0) is 0 Å². The van der Waals surface area contributed by atoms with Gasteiger partial charge in [-0.05, 0) is 24.1 Å². The van der Waals surface area contributed by atoms with Crippen molar-refractivity contribution in [3.8, 4) is 0 Å². The monoisotopic (exact) mass is 205 g/mol. The maximum atomic E-state index is 3.16. The van der Waals surface area contributed by atoms with E-state index in [9.17, 15) is 0 Å². The van der Waals surface area contributed by atoms with Gasteiger partial charge in [0.25, 0.3) is 0 Å². The normalized spacial score (nSPS) is 14.2. The van der Waals surface area contributed by atoms with Crippen molar-refractivity contribution in [2.45, 2.75) is 4.90 Å². The SMILES string of the molecule is C1=Cc2sc3ccccc3c2SN1. The van der Waals surface area contributed by atoms with E-state index in [1.807, 2.05) is 17.5 Å². The number of benzene rings is 1. The van der Waals surface area contributed by atoms with Crippen LogP contribution in [0.25, 0.3) is 16.2 Å². The second kappa shape index (κ2) is 2.79. The van der Waals surface area contributed by atoms with E-state index in [-0.39, 0.29) is 0 Å². The molecule has 3 heteroatoms. The summed E-state index contributed by atoms with van der Waals surface area (Å²) in [4.78, 5) is 2.73. The summed E-state index contributed by atoms with van der Waals surface area (Å²) in [5.74, 6) is 0. The van der Waals surface area contributed by atoms with Gasteiger partial charge in [-0.1, -0.05) is 18.2 Å². The summed E-state index contributed by atoms with van der Waals surface area (Å²) in [6.07, 6.45) is 4.12. The Morgan fingerprint density at radius 3 is 3.08 bits per heavy atom. The number of rotatable bonds is 0. The molecule has 2 heterocycles. The van der Waals surface area contributed by atoms with Crippen molar-refractivity contribution < 1.29 is 0 Å². The van der Waals surface area contributed by atoms with Crippen LogP contribution in [0.2, 0.25) is 0 Å². The Morgan fingerprint density at radius 1 is 1.15 bits per heavy atom. The largest absolute Gasteiger partial charge is 0.332 e. The molecule has 0 saturated carbocycles. The molecule has 1 N–H and O–H groups in total. The molecule has 0 aliphatic carbocycles. The zero-order valence-corrected chi connectivity index (χ0v) is 8.41. The fourth-order valence-corrected chi connectivity index (χ4v) is 3.49. The second-order valence-electron chi connectivity index (χ2n) is 2.84. The van der Waals surface area contributed by atoms with Crippen LogP contribution in [0.4, 0.5) is 0 Å². The van der Waals surface area contributed by atoms with Gasteiger partial charge in [-0.25, -0.2) is 0 Å². The van der Waals surface area contributed by atoms with E-state index in [1.165, 1.54) is 19.9 Å². The first kappa shape index (κ1) is 7.47. The number of hydrogen-bond donors (Lipinski definition) is 1. The summed E-state index contributed by atoms with van der Waals surface area (Å²) in [6.45, 7) is 0. The third-order valence-electron chi connectivity index (χ3n) is 2.04. The molecule has 1 aliphatic rings. The molecule has 13 heavy (non-hydrogen) atoms. The van der Waals surface area contributed by atoms with E-state index in [1.54, 1.807) is 11.9 Å². The average molecular weight is 205 g/mol. The predicted octanol–water partition coefficient (Wildman–Crippen LogP) is 3.48. The number of hydrogen-bond acceptors (Lipinski definition) is 3. The van der Waals surface area contributed by atoms with Gasteiger partial charge in [0.1, 0.15) is 0 Å². The zero-order valence-electron chi connectivity index (χ0n) is 6.78. The molecule has 64 valence electrons. The highest BCUT2D eigenvalue weighted by atomic mass is 32.2. The molecule has 2 aromatic rings. The Kier molecular flexibility index (Phi) is 1.60. The van der Waals surface area contributed by atoms with Gasteiger partial charge >= 0.3 is 0 Å². The molecule has 0 saturated heterocycles. The highest BCUT2D eigenvalue weighted by Gasteiger charge is 2.12. The molecular weight excluding hydrogens is 198 g/mol. The van der Waals surface area contributed by atoms with Crippen molar-refractivity contribution in [1.29, 1.82) is 0 Å². The molecule has 0 spiro atoms. The van der Waals surface area contributed by atoms with Gasteiger partial charge < -0.3 is 4.72 Å². The number of thiophene rings is 1. The zero-order chi connectivity index (χ0) is 8.67. The Morgan fingerprint density at radius 2 is 2.08 bits per heavy atom. The Hall–Kier alpha value is -0.930. The van der Waals surface area contributed by atoms with Gasteiger partial charge in [-0.3, -0.25) is 0 Å². The van der Waals surface area contributed by atoms with Crippen molar-refractivity contribution in [2.75, 3.05) is 0 Å². The summed E-state index contributed by atoms with van der Waals surface area (Å²) in [5.41, 5.74) is 0. The van der Waals surface area contributed by atoms with Crippen molar-refractivity contribution >= 4 is 39.4 Å². The van der Waals surface area contributed by atoms with Gasteiger partial charge in [-0.2, -0.15) is 0 Å². The van der Waals surface area contributed by atoms with Gasteiger partial charge in [0.05, 0.1) is 4.90 Å². The van der Waals surface area contributed by atoms with E-state index in [4.69, 9.17) is 0 Å². The highest BCUT2D eigenvalue weighted by Crippen LogP contribution is 2.39. The van der Waals surface area contributed by atoms with E-state index < -0.39 is 0 Å². The van der Waals surface area contributed by atoms with Crippen molar-refractivity contribution in [1.82, 2.24) is 4.72 Å². The first-order chi connectivity index (χ1) is 6.45. The summed E-state index contributed by atoms with van der Waals surface area (Å²) in [6, 6.07) is 8.53. The minimum absolute atomic E-state index is 1.36. The fourth-order valence-electron chi connectivity index (χ4n) is 1.46. The summed E-state index contributed by atoms with van der Waals surface area (Å²) >= 11 is 3.55. The minimum Gasteiger partial charge on any atom is -0.332 e. The van der Waals surface area contributed by atoms with Gasteiger partial charge in [0.15, 0.2) is 0 Å². The molecule has 0 amide bonds. The van der Waals surface area contributed by atoms with Crippen LogP contribution < -0.4 is 4.72 Å². The Balaban J connectivity index is 2.41. The van der Waals surface area contributed by atoms with Crippen molar-refractivity contribution in [3.05, 3.63) is 35.3 Å².